The van der Waals surface area contributed by atoms with E-state index >= 15 is 0 Å². The number of benzene rings is 2. The normalized spacial score (nSPS) is 10.9. The fraction of sp³-hybridized carbons (Fsp3) is 0.0455. The maximum atomic E-state index is 12.6. The van der Waals surface area contributed by atoms with Crippen LogP contribution in [0.15, 0.2) is 72.8 Å². The minimum atomic E-state index is -0.160. The number of anilines is 3. The van der Waals surface area contributed by atoms with Crippen LogP contribution in [0.2, 0.25) is 0 Å². The molecule has 0 saturated heterocycles. The lowest BCUT2D eigenvalue weighted by molar-refractivity contribution is 0.102. The molecule has 2 aromatic carbocycles. The molecule has 0 radical (unpaired) electrons. The van der Waals surface area contributed by atoms with Gasteiger partial charge in [0.2, 0.25) is 0 Å². The van der Waals surface area contributed by atoms with Gasteiger partial charge in [-0.3, -0.25) is 9.36 Å². The molecule has 3 aromatic heterocycles. The van der Waals surface area contributed by atoms with Gasteiger partial charge in [0.25, 0.3) is 5.91 Å². The highest BCUT2D eigenvalue weighted by Gasteiger charge is 2.09. The van der Waals surface area contributed by atoms with Gasteiger partial charge in [-0.25, -0.2) is 19.9 Å². The van der Waals surface area contributed by atoms with Crippen molar-refractivity contribution in [2.45, 2.75) is 6.92 Å². The number of carbonyl (C=O) groups is 1. The summed E-state index contributed by atoms with van der Waals surface area (Å²) < 4.78 is 2.87. The number of fused-ring (bicyclic) bond motifs is 1. The monoisotopic (exact) mass is 427 g/mol. The Morgan fingerprint density at radius 3 is 2.61 bits per heavy atom. The number of nitrogens with one attached hydrogen (secondary N) is 2. The Labute approximate surface area is 181 Å². The van der Waals surface area contributed by atoms with Gasteiger partial charge in [-0.1, -0.05) is 0 Å². The van der Waals surface area contributed by atoms with Gasteiger partial charge in [0.1, 0.15) is 23.8 Å². The van der Waals surface area contributed by atoms with Crippen molar-refractivity contribution in [2.24, 2.45) is 0 Å². The quantitative estimate of drug-likeness (QED) is 0.426. The lowest BCUT2D eigenvalue weighted by Crippen LogP contribution is -2.11. The molecule has 0 bridgehead atoms. The summed E-state index contributed by atoms with van der Waals surface area (Å²) in [5, 5.41) is 6.17. The molecule has 5 aromatic rings. The number of aryl methyl sites for hydroxylation is 1. The zero-order valence-electron chi connectivity index (χ0n) is 16.5. The summed E-state index contributed by atoms with van der Waals surface area (Å²) >= 11 is 1.51. The van der Waals surface area contributed by atoms with E-state index in [1.807, 2.05) is 60.2 Å². The summed E-state index contributed by atoms with van der Waals surface area (Å²) in [5.41, 5.74) is 4.82. The minimum Gasteiger partial charge on any atom is -0.340 e. The van der Waals surface area contributed by atoms with Crippen molar-refractivity contribution in [2.75, 3.05) is 10.6 Å². The summed E-state index contributed by atoms with van der Waals surface area (Å²) in [6.07, 6.45) is 5.09. The lowest BCUT2D eigenvalue weighted by Gasteiger charge is -2.10. The van der Waals surface area contributed by atoms with E-state index in [2.05, 4.69) is 30.6 Å². The molecule has 0 atom stereocenters. The van der Waals surface area contributed by atoms with Crippen LogP contribution in [0.1, 0.15) is 16.2 Å². The van der Waals surface area contributed by atoms with E-state index in [1.54, 1.807) is 17.8 Å². The SMILES string of the molecule is Cc1nccn1-c1cc(Nc2ccc(NC(=O)c3ccc4ncsc4c3)cc2)ncn1. The minimum absolute atomic E-state index is 0.160. The Hall–Kier alpha value is -4.11. The average molecular weight is 427 g/mol. The largest absolute Gasteiger partial charge is 0.340 e. The number of hydrogen-bond donors (Lipinski definition) is 2. The molecule has 8 nitrogen and oxygen atoms in total. The van der Waals surface area contributed by atoms with Gasteiger partial charge in [-0.2, -0.15) is 0 Å². The first-order valence-electron chi connectivity index (χ1n) is 9.50. The Morgan fingerprint density at radius 1 is 0.968 bits per heavy atom. The van der Waals surface area contributed by atoms with Gasteiger partial charge in [0.05, 0.1) is 15.7 Å². The first-order valence-corrected chi connectivity index (χ1v) is 10.4. The van der Waals surface area contributed by atoms with E-state index in [0.717, 1.165) is 27.5 Å². The van der Waals surface area contributed by atoms with Crippen LogP contribution in [0.5, 0.6) is 0 Å². The molecule has 0 aliphatic heterocycles. The van der Waals surface area contributed by atoms with Gasteiger partial charge in [0, 0.05) is 35.4 Å². The van der Waals surface area contributed by atoms with Crippen molar-refractivity contribution in [1.29, 1.82) is 0 Å². The fourth-order valence-electron chi connectivity index (χ4n) is 3.15. The number of thiazole rings is 1. The summed E-state index contributed by atoms with van der Waals surface area (Å²) in [6, 6.07) is 14.8. The van der Waals surface area contributed by atoms with Crippen molar-refractivity contribution >= 4 is 44.7 Å². The summed E-state index contributed by atoms with van der Waals surface area (Å²) in [4.78, 5) is 29.6. The lowest BCUT2D eigenvalue weighted by atomic mass is 10.2. The van der Waals surface area contributed by atoms with E-state index in [1.165, 1.54) is 17.7 Å². The molecular formula is C22H17N7OS. The van der Waals surface area contributed by atoms with E-state index < -0.39 is 0 Å². The van der Waals surface area contributed by atoms with Crippen molar-refractivity contribution in [3.05, 3.63) is 84.2 Å². The smallest absolute Gasteiger partial charge is 0.255 e. The van der Waals surface area contributed by atoms with Gasteiger partial charge in [-0.15, -0.1) is 11.3 Å². The molecule has 5 rings (SSSR count). The van der Waals surface area contributed by atoms with Gasteiger partial charge in [-0.05, 0) is 49.4 Å². The number of aromatic nitrogens is 5. The molecule has 3 heterocycles. The predicted molar refractivity (Wildman–Crippen MR) is 121 cm³/mol. The first kappa shape index (κ1) is 18.9. The molecule has 0 fully saturated rings. The molecule has 0 spiro atoms. The van der Waals surface area contributed by atoms with Crippen molar-refractivity contribution in [1.82, 2.24) is 24.5 Å². The fourth-order valence-corrected chi connectivity index (χ4v) is 3.87. The molecule has 0 aliphatic rings. The topological polar surface area (TPSA) is 97.6 Å². The maximum absolute atomic E-state index is 12.6. The molecule has 31 heavy (non-hydrogen) atoms. The standard InChI is InChI=1S/C22H17N7OS/c1-14-23-8-9-29(14)21-11-20(24-12-25-21)27-16-3-5-17(6-4-16)28-22(30)15-2-7-18-19(10-15)31-13-26-18/h2-13H,1H3,(H,28,30)(H,24,25,27). The zero-order valence-corrected chi connectivity index (χ0v) is 17.3. The van der Waals surface area contributed by atoms with Gasteiger partial charge >= 0.3 is 0 Å². The van der Waals surface area contributed by atoms with Gasteiger partial charge in [0.15, 0.2) is 0 Å². The predicted octanol–water partition coefficient (Wildman–Crippen LogP) is 4.58. The Morgan fingerprint density at radius 2 is 1.81 bits per heavy atom. The van der Waals surface area contributed by atoms with Crippen LogP contribution in [0, 0.1) is 6.92 Å². The summed E-state index contributed by atoms with van der Waals surface area (Å²) in [7, 11) is 0. The van der Waals surface area contributed by atoms with Crippen LogP contribution in [-0.4, -0.2) is 30.4 Å². The van der Waals surface area contributed by atoms with E-state index in [9.17, 15) is 4.79 Å². The van der Waals surface area contributed by atoms with Crippen LogP contribution in [0.4, 0.5) is 17.2 Å². The summed E-state index contributed by atoms with van der Waals surface area (Å²) in [6.45, 7) is 1.91. The number of nitrogens with zero attached hydrogens (tertiary/aromatic N) is 5. The average Bonchev–Trinajstić information content (AvgIpc) is 3.43. The third-order valence-corrected chi connectivity index (χ3v) is 5.53. The molecule has 0 aliphatic carbocycles. The molecular weight excluding hydrogens is 410 g/mol. The second kappa shape index (κ2) is 7.96. The molecule has 2 N–H and O–H groups in total. The Balaban J connectivity index is 1.28. The van der Waals surface area contributed by atoms with Crippen molar-refractivity contribution < 1.29 is 4.79 Å². The summed E-state index contributed by atoms with van der Waals surface area (Å²) in [5.74, 6) is 2.08. The van der Waals surface area contributed by atoms with E-state index in [4.69, 9.17) is 0 Å². The zero-order chi connectivity index (χ0) is 21.2. The van der Waals surface area contributed by atoms with Gasteiger partial charge < -0.3 is 10.6 Å². The van der Waals surface area contributed by atoms with Crippen molar-refractivity contribution in [3.63, 3.8) is 0 Å². The number of rotatable bonds is 5. The third-order valence-electron chi connectivity index (χ3n) is 4.73. The molecule has 152 valence electrons. The van der Waals surface area contributed by atoms with E-state index in [-0.39, 0.29) is 5.91 Å². The maximum Gasteiger partial charge on any atom is 0.255 e. The number of carbonyl (C=O) groups excluding carboxylic acids is 1. The van der Waals surface area contributed by atoms with Crippen LogP contribution in [0.25, 0.3) is 16.0 Å². The Kier molecular flexibility index (Phi) is 4.85. The molecule has 9 heteroatoms. The molecule has 0 unspecified atom stereocenters. The van der Waals surface area contributed by atoms with Crippen molar-refractivity contribution in [3.8, 4) is 5.82 Å². The second-order valence-electron chi connectivity index (χ2n) is 6.80. The number of amides is 1. The number of hydrogen-bond acceptors (Lipinski definition) is 7. The highest BCUT2D eigenvalue weighted by molar-refractivity contribution is 7.16. The van der Waals surface area contributed by atoms with Crippen LogP contribution in [0.3, 0.4) is 0 Å². The van der Waals surface area contributed by atoms with E-state index in [0.29, 0.717) is 17.1 Å². The van der Waals surface area contributed by atoms with Crippen LogP contribution < -0.4 is 10.6 Å². The molecule has 1 amide bonds. The third kappa shape index (κ3) is 3.99. The molecule has 0 saturated carbocycles. The highest BCUT2D eigenvalue weighted by Crippen LogP contribution is 2.22. The highest BCUT2D eigenvalue weighted by atomic mass is 32.1. The number of imidazole rings is 1. The Bertz CT molecular complexity index is 1370. The second-order valence-corrected chi connectivity index (χ2v) is 7.68. The van der Waals surface area contributed by atoms with Crippen LogP contribution in [-0.2, 0) is 0 Å². The first-order chi connectivity index (χ1) is 15.2. The van der Waals surface area contributed by atoms with Crippen LogP contribution >= 0.6 is 11.3 Å².